The van der Waals surface area contributed by atoms with Crippen LogP contribution in [0.15, 0.2) is 53.3 Å². The van der Waals surface area contributed by atoms with Crippen molar-refractivity contribution < 1.29 is 14.3 Å². The molecule has 0 unspecified atom stereocenters. The van der Waals surface area contributed by atoms with Crippen molar-refractivity contribution in [3.63, 3.8) is 0 Å². The minimum absolute atomic E-state index is 0.167. The van der Waals surface area contributed by atoms with Crippen LogP contribution in [0.25, 0.3) is 10.8 Å². The van der Waals surface area contributed by atoms with Gasteiger partial charge in [0.05, 0.1) is 30.8 Å². The van der Waals surface area contributed by atoms with E-state index in [-0.39, 0.29) is 23.9 Å². The Labute approximate surface area is 167 Å². The van der Waals surface area contributed by atoms with Crippen molar-refractivity contribution in [1.82, 2.24) is 15.1 Å². The number of anilines is 1. The molecule has 0 bridgehead atoms. The van der Waals surface area contributed by atoms with Crippen LogP contribution in [-0.2, 0) is 22.6 Å². The summed E-state index contributed by atoms with van der Waals surface area (Å²) in [5.41, 5.74) is 1.48. The number of carbonyl (C=O) groups is 2. The number of methoxy groups -OCH3 is 1. The zero-order valence-corrected chi connectivity index (χ0v) is 16.3. The van der Waals surface area contributed by atoms with Crippen molar-refractivity contribution in [3.05, 3.63) is 70.1 Å². The molecule has 0 saturated heterocycles. The zero-order chi connectivity index (χ0) is 20.8. The van der Waals surface area contributed by atoms with E-state index in [1.165, 1.54) is 11.6 Å². The molecule has 29 heavy (non-hydrogen) atoms. The Balaban J connectivity index is 1.80. The van der Waals surface area contributed by atoms with Crippen LogP contribution in [-0.4, -0.2) is 35.3 Å². The molecular formula is C21H22N4O4. The van der Waals surface area contributed by atoms with Gasteiger partial charge in [0.25, 0.3) is 11.5 Å². The topological polar surface area (TPSA) is 102 Å². The summed E-state index contributed by atoms with van der Waals surface area (Å²) < 4.78 is 6.40. The lowest BCUT2D eigenvalue weighted by Gasteiger charge is -2.12. The van der Waals surface area contributed by atoms with Crippen molar-refractivity contribution in [2.24, 2.45) is 0 Å². The quantitative estimate of drug-likeness (QED) is 0.638. The fourth-order valence-electron chi connectivity index (χ4n) is 2.94. The molecule has 3 rings (SSSR count). The predicted octanol–water partition coefficient (Wildman–Crippen LogP) is 1.93. The lowest BCUT2D eigenvalue weighted by atomic mass is 10.1. The summed E-state index contributed by atoms with van der Waals surface area (Å²) in [5.74, 6) is -0.455. The van der Waals surface area contributed by atoms with Gasteiger partial charge in [-0.2, -0.15) is 5.10 Å². The first-order valence-corrected chi connectivity index (χ1v) is 9.13. The van der Waals surface area contributed by atoms with Crippen molar-refractivity contribution in [3.8, 4) is 0 Å². The second-order valence-corrected chi connectivity index (χ2v) is 6.45. The van der Waals surface area contributed by atoms with E-state index in [1.54, 1.807) is 43.5 Å². The number of nitrogens with zero attached hydrogens (tertiary/aromatic N) is 2. The number of carbonyl (C=O) groups excluding carboxylic acids is 2. The molecule has 0 aliphatic rings. The molecule has 150 valence electrons. The van der Waals surface area contributed by atoms with Crippen LogP contribution in [0.5, 0.6) is 0 Å². The van der Waals surface area contributed by atoms with E-state index in [1.807, 2.05) is 12.1 Å². The highest BCUT2D eigenvalue weighted by Gasteiger charge is 2.12. The first-order chi connectivity index (χ1) is 14.0. The first-order valence-electron chi connectivity index (χ1n) is 9.13. The number of aromatic nitrogens is 2. The molecule has 8 nitrogen and oxygen atoms in total. The van der Waals surface area contributed by atoms with Gasteiger partial charge < -0.3 is 15.4 Å². The maximum absolute atomic E-state index is 12.6. The van der Waals surface area contributed by atoms with Crippen LogP contribution >= 0.6 is 0 Å². The van der Waals surface area contributed by atoms with E-state index in [9.17, 15) is 14.4 Å². The Hall–Kier alpha value is -3.52. The lowest BCUT2D eigenvalue weighted by molar-refractivity contribution is -0.114. The Morgan fingerprint density at radius 1 is 1.07 bits per heavy atom. The van der Waals surface area contributed by atoms with Gasteiger partial charge in [0, 0.05) is 30.7 Å². The van der Waals surface area contributed by atoms with Gasteiger partial charge in [-0.15, -0.1) is 0 Å². The van der Waals surface area contributed by atoms with E-state index in [0.29, 0.717) is 40.9 Å². The third kappa shape index (κ3) is 4.85. The number of ether oxygens (including phenoxy) is 1. The van der Waals surface area contributed by atoms with Gasteiger partial charge in [-0.3, -0.25) is 14.4 Å². The number of fused-ring (bicyclic) bond motifs is 1. The van der Waals surface area contributed by atoms with Gasteiger partial charge in [0.1, 0.15) is 0 Å². The largest absolute Gasteiger partial charge is 0.383 e. The van der Waals surface area contributed by atoms with Crippen LogP contribution in [0.4, 0.5) is 5.69 Å². The van der Waals surface area contributed by atoms with Crippen LogP contribution in [0.1, 0.15) is 23.0 Å². The summed E-state index contributed by atoms with van der Waals surface area (Å²) in [7, 11) is 1.56. The molecular weight excluding hydrogens is 372 g/mol. The second kappa shape index (κ2) is 9.11. The fraction of sp³-hybridized carbons (Fsp3) is 0.238. The maximum Gasteiger partial charge on any atom is 0.274 e. The van der Waals surface area contributed by atoms with Crippen LogP contribution < -0.4 is 16.2 Å². The molecule has 1 heterocycles. The highest BCUT2D eigenvalue weighted by Crippen LogP contribution is 2.14. The van der Waals surface area contributed by atoms with E-state index in [0.717, 1.165) is 0 Å². The fourth-order valence-corrected chi connectivity index (χ4v) is 2.94. The number of amides is 2. The van der Waals surface area contributed by atoms with Crippen LogP contribution in [0, 0.1) is 0 Å². The molecule has 0 spiro atoms. The van der Waals surface area contributed by atoms with E-state index >= 15 is 0 Å². The SMILES string of the molecule is COCCn1nc(CNC(=O)c2ccc(NC(C)=O)cc2)c2ccccc2c1=O. The standard InChI is InChI=1S/C21H22N4O4/c1-14(26)23-16-9-7-15(8-10-16)20(27)22-13-19-17-5-3-4-6-18(17)21(28)25(24-19)11-12-29-2/h3-10H,11-13H2,1-2H3,(H,22,27)(H,23,26). The monoisotopic (exact) mass is 394 g/mol. The van der Waals surface area contributed by atoms with Crippen molar-refractivity contribution >= 4 is 28.3 Å². The Morgan fingerprint density at radius 2 is 1.76 bits per heavy atom. The molecule has 2 aromatic carbocycles. The second-order valence-electron chi connectivity index (χ2n) is 6.45. The third-order valence-corrected chi connectivity index (χ3v) is 4.34. The number of nitrogens with one attached hydrogen (secondary N) is 2. The zero-order valence-electron chi connectivity index (χ0n) is 16.3. The summed E-state index contributed by atoms with van der Waals surface area (Å²) >= 11 is 0. The molecule has 2 amide bonds. The van der Waals surface area contributed by atoms with Gasteiger partial charge in [-0.25, -0.2) is 4.68 Å². The van der Waals surface area contributed by atoms with Gasteiger partial charge in [0.15, 0.2) is 0 Å². The summed E-state index contributed by atoms with van der Waals surface area (Å²) in [5, 5.41) is 11.1. The smallest absolute Gasteiger partial charge is 0.274 e. The molecule has 0 fully saturated rings. The van der Waals surface area contributed by atoms with E-state index < -0.39 is 0 Å². The molecule has 0 atom stereocenters. The average molecular weight is 394 g/mol. The van der Waals surface area contributed by atoms with E-state index in [2.05, 4.69) is 15.7 Å². The van der Waals surface area contributed by atoms with Crippen LogP contribution in [0.3, 0.4) is 0 Å². The highest BCUT2D eigenvalue weighted by atomic mass is 16.5. The van der Waals surface area contributed by atoms with Gasteiger partial charge >= 0.3 is 0 Å². The molecule has 0 saturated carbocycles. The summed E-state index contributed by atoms with van der Waals surface area (Å²) in [6.07, 6.45) is 0. The third-order valence-electron chi connectivity index (χ3n) is 4.34. The number of hydrogen-bond donors (Lipinski definition) is 2. The van der Waals surface area contributed by atoms with Crippen molar-refractivity contribution in [2.45, 2.75) is 20.0 Å². The number of hydrogen-bond acceptors (Lipinski definition) is 5. The van der Waals surface area contributed by atoms with E-state index in [4.69, 9.17) is 4.74 Å². The lowest BCUT2D eigenvalue weighted by Crippen LogP contribution is -2.29. The average Bonchev–Trinajstić information content (AvgIpc) is 2.72. The first kappa shape index (κ1) is 20.2. The molecule has 2 N–H and O–H groups in total. The molecule has 0 aliphatic carbocycles. The predicted molar refractivity (Wildman–Crippen MR) is 110 cm³/mol. The molecule has 8 heteroatoms. The molecule has 0 radical (unpaired) electrons. The Morgan fingerprint density at radius 3 is 2.41 bits per heavy atom. The minimum Gasteiger partial charge on any atom is -0.383 e. The van der Waals surface area contributed by atoms with Crippen molar-refractivity contribution in [2.75, 3.05) is 19.0 Å². The summed E-state index contributed by atoms with van der Waals surface area (Å²) in [6, 6.07) is 13.8. The Bertz CT molecular complexity index is 1090. The number of benzene rings is 2. The Kier molecular flexibility index (Phi) is 6.36. The summed E-state index contributed by atoms with van der Waals surface area (Å²) in [4.78, 5) is 36.2. The normalized spacial score (nSPS) is 10.7. The van der Waals surface area contributed by atoms with Gasteiger partial charge in [0.2, 0.25) is 5.91 Å². The molecule has 1 aromatic heterocycles. The van der Waals surface area contributed by atoms with Gasteiger partial charge in [-0.05, 0) is 30.3 Å². The van der Waals surface area contributed by atoms with Crippen LogP contribution in [0.2, 0.25) is 0 Å². The number of rotatable bonds is 7. The highest BCUT2D eigenvalue weighted by molar-refractivity contribution is 5.95. The van der Waals surface area contributed by atoms with Crippen molar-refractivity contribution in [1.29, 1.82) is 0 Å². The summed E-state index contributed by atoms with van der Waals surface area (Å²) in [6.45, 7) is 2.27. The molecule has 0 aliphatic heterocycles. The van der Waals surface area contributed by atoms with Gasteiger partial charge in [-0.1, -0.05) is 18.2 Å². The maximum atomic E-state index is 12.6. The molecule has 3 aromatic rings. The minimum atomic E-state index is -0.278.